The number of aromatic amines is 1. The second-order valence-electron chi connectivity index (χ2n) is 5.41. The van der Waals surface area contributed by atoms with Crippen molar-refractivity contribution >= 4 is 17.2 Å². The number of carbonyl (C=O) groups is 1. The van der Waals surface area contributed by atoms with Crippen molar-refractivity contribution in [2.75, 3.05) is 6.54 Å². The molecule has 1 aliphatic heterocycles. The number of rotatable bonds is 3. The zero-order valence-electron chi connectivity index (χ0n) is 12.7. The number of hydrogen-bond acceptors (Lipinski definition) is 5. The number of aryl methyl sites for hydroxylation is 1. The fraction of sp³-hybridized carbons (Fsp3) is 0.333. The summed E-state index contributed by atoms with van der Waals surface area (Å²) in [7, 11) is 0. The zero-order valence-corrected chi connectivity index (χ0v) is 13.5. The molecule has 118 valence electrons. The molecule has 1 N–H and O–H groups in total. The molecule has 8 heteroatoms. The Bertz CT molecular complexity index is 834. The average Bonchev–Trinajstić information content (AvgIpc) is 3.31. The summed E-state index contributed by atoms with van der Waals surface area (Å²) in [4.78, 5) is 15.5. The fourth-order valence-corrected chi connectivity index (χ4v) is 3.50. The first kappa shape index (κ1) is 14.1. The maximum atomic E-state index is 12.7. The number of amides is 1. The molecule has 0 fully saturated rings. The summed E-state index contributed by atoms with van der Waals surface area (Å²) in [5.74, 6) is 1.75. The molecule has 1 aliphatic rings. The molecule has 23 heavy (non-hydrogen) atoms. The van der Waals surface area contributed by atoms with Gasteiger partial charge in [-0.25, -0.2) is 0 Å². The molecule has 0 aliphatic carbocycles. The lowest BCUT2D eigenvalue weighted by molar-refractivity contribution is 0.0700. The van der Waals surface area contributed by atoms with Crippen molar-refractivity contribution in [3.63, 3.8) is 0 Å². The van der Waals surface area contributed by atoms with Crippen LogP contribution in [-0.2, 0) is 19.5 Å². The molecular weight excluding hydrogens is 312 g/mol. The summed E-state index contributed by atoms with van der Waals surface area (Å²) >= 11 is 1.61. The number of thiophene rings is 1. The molecule has 0 saturated carbocycles. The second-order valence-corrected chi connectivity index (χ2v) is 6.36. The molecular formula is C15H16N6OS. The van der Waals surface area contributed by atoms with Crippen LogP contribution in [0.5, 0.6) is 0 Å². The van der Waals surface area contributed by atoms with E-state index in [0.29, 0.717) is 18.8 Å². The summed E-state index contributed by atoms with van der Waals surface area (Å²) in [6.45, 7) is 3.93. The molecule has 0 aromatic carbocycles. The number of fused-ring (bicyclic) bond motifs is 1. The lowest BCUT2D eigenvalue weighted by Crippen LogP contribution is -2.39. The predicted octanol–water partition coefficient (Wildman–Crippen LogP) is 1.95. The third kappa shape index (κ3) is 2.44. The van der Waals surface area contributed by atoms with Crippen LogP contribution in [0.15, 0.2) is 23.6 Å². The maximum absolute atomic E-state index is 12.7. The molecule has 0 atom stereocenters. The van der Waals surface area contributed by atoms with Gasteiger partial charge in [0.2, 0.25) is 0 Å². The smallest absolute Gasteiger partial charge is 0.274 e. The van der Waals surface area contributed by atoms with E-state index in [9.17, 15) is 4.79 Å². The van der Waals surface area contributed by atoms with E-state index in [1.807, 2.05) is 23.6 Å². The van der Waals surface area contributed by atoms with Gasteiger partial charge in [0, 0.05) is 19.5 Å². The van der Waals surface area contributed by atoms with Crippen LogP contribution >= 0.6 is 11.3 Å². The maximum Gasteiger partial charge on any atom is 0.274 e. The molecule has 7 nitrogen and oxygen atoms in total. The summed E-state index contributed by atoms with van der Waals surface area (Å²) in [6.07, 6.45) is 0.852. The Morgan fingerprint density at radius 2 is 2.30 bits per heavy atom. The van der Waals surface area contributed by atoms with Gasteiger partial charge < -0.3 is 9.47 Å². The van der Waals surface area contributed by atoms with Gasteiger partial charge >= 0.3 is 0 Å². The van der Waals surface area contributed by atoms with Crippen LogP contribution in [0.2, 0.25) is 0 Å². The van der Waals surface area contributed by atoms with Crippen LogP contribution < -0.4 is 0 Å². The highest BCUT2D eigenvalue weighted by molar-refractivity contribution is 7.13. The molecule has 0 spiro atoms. The van der Waals surface area contributed by atoms with E-state index in [1.54, 1.807) is 16.2 Å². The minimum Gasteiger partial charge on any atom is -0.328 e. The standard InChI is InChI=1S/C15H16N6OS/c1-2-13-18-19-14-9-20(5-6-21(13)14)15(22)11-8-10(16-17-11)12-4-3-7-23-12/h3-4,7-8H,2,5-6,9H2,1H3,(H,16,17). The average molecular weight is 328 g/mol. The zero-order chi connectivity index (χ0) is 15.8. The van der Waals surface area contributed by atoms with Crippen molar-refractivity contribution in [1.82, 2.24) is 29.9 Å². The molecule has 4 rings (SSSR count). The van der Waals surface area contributed by atoms with Gasteiger partial charge in [-0.2, -0.15) is 5.10 Å². The highest BCUT2D eigenvalue weighted by Crippen LogP contribution is 2.24. The van der Waals surface area contributed by atoms with Gasteiger partial charge in [0.25, 0.3) is 5.91 Å². The molecule has 0 bridgehead atoms. The van der Waals surface area contributed by atoms with Gasteiger partial charge in [-0.05, 0) is 17.5 Å². The molecule has 1 amide bonds. The van der Waals surface area contributed by atoms with Crippen LogP contribution in [0.25, 0.3) is 10.6 Å². The molecule has 0 unspecified atom stereocenters. The van der Waals surface area contributed by atoms with E-state index >= 15 is 0 Å². The quantitative estimate of drug-likeness (QED) is 0.797. The highest BCUT2D eigenvalue weighted by Gasteiger charge is 2.26. The Hall–Kier alpha value is -2.48. The van der Waals surface area contributed by atoms with Crippen LogP contribution in [-0.4, -0.2) is 42.3 Å². The Balaban J connectivity index is 1.54. The number of aromatic nitrogens is 5. The summed E-state index contributed by atoms with van der Waals surface area (Å²) in [5, 5.41) is 17.5. The van der Waals surface area contributed by atoms with E-state index in [1.165, 1.54) is 0 Å². The fourth-order valence-electron chi connectivity index (χ4n) is 2.80. The van der Waals surface area contributed by atoms with Gasteiger partial charge in [-0.1, -0.05) is 13.0 Å². The topological polar surface area (TPSA) is 79.7 Å². The first-order valence-electron chi connectivity index (χ1n) is 7.55. The normalized spacial score (nSPS) is 14.0. The Kier molecular flexibility index (Phi) is 3.45. The molecule has 0 radical (unpaired) electrons. The van der Waals surface area contributed by atoms with Crippen molar-refractivity contribution in [3.8, 4) is 10.6 Å². The Morgan fingerprint density at radius 1 is 1.39 bits per heavy atom. The minimum atomic E-state index is -0.0728. The van der Waals surface area contributed by atoms with E-state index in [2.05, 4.69) is 31.9 Å². The molecule has 3 aromatic rings. The summed E-state index contributed by atoms with van der Waals surface area (Å²) < 4.78 is 2.10. The number of nitrogens with one attached hydrogen (secondary N) is 1. The van der Waals surface area contributed by atoms with Crippen LogP contribution in [0, 0.1) is 0 Å². The lowest BCUT2D eigenvalue weighted by Gasteiger charge is -2.27. The SMILES string of the molecule is CCc1nnc2n1CCN(C(=O)c1cc(-c3cccs3)[nH]n1)C2. The van der Waals surface area contributed by atoms with E-state index in [4.69, 9.17) is 0 Å². The minimum absolute atomic E-state index is 0.0728. The Labute approximate surface area is 137 Å². The van der Waals surface area contributed by atoms with Crippen molar-refractivity contribution in [2.24, 2.45) is 0 Å². The van der Waals surface area contributed by atoms with E-state index in [-0.39, 0.29) is 5.91 Å². The van der Waals surface area contributed by atoms with E-state index in [0.717, 1.165) is 35.2 Å². The van der Waals surface area contributed by atoms with Crippen molar-refractivity contribution in [1.29, 1.82) is 0 Å². The van der Waals surface area contributed by atoms with Crippen LogP contribution in [0.3, 0.4) is 0 Å². The Morgan fingerprint density at radius 3 is 3.09 bits per heavy atom. The van der Waals surface area contributed by atoms with Crippen molar-refractivity contribution < 1.29 is 4.79 Å². The monoisotopic (exact) mass is 328 g/mol. The number of H-pyrrole nitrogens is 1. The number of nitrogens with zero attached hydrogens (tertiary/aromatic N) is 5. The first-order valence-corrected chi connectivity index (χ1v) is 8.43. The predicted molar refractivity (Wildman–Crippen MR) is 86.0 cm³/mol. The highest BCUT2D eigenvalue weighted by atomic mass is 32.1. The number of carbonyl (C=O) groups excluding carboxylic acids is 1. The third-order valence-corrected chi connectivity index (χ3v) is 4.92. The van der Waals surface area contributed by atoms with Gasteiger partial charge in [-0.15, -0.1) is 21.5 Å². The summed E-state index contributed by atoms with van der Waals surface area (Å²) in [5.41, 5.74) is 1.31. The number of hydrogen-bond donors (Lipinski definition) is 1. The van der Waals surface area contributed by atoms with Crippen molar-refractivity contribution in [2.45, 2.75) is 26.4 Å². The van der Waals surface area contributed by atoms with Crippen LogP contribution in [0.1, 0.15) is 29.1 Å². The summed E-state index contributed by atoms with van der Waals surface area (Å²) in [6, 6.07) is 5.79. The molecule has 4 heterocycles. The van der Waals surface area contributed by atoms with E-state index < -0.39 is 0 Å². The van der Waals surface area contributed by atoms with Gasteiger partial charge in [-0.3, -0.25) is 9.89 Å². The van der Waals surface area contributed by atoms with Crippen LogP contribution in [0.4, 0.5) is 0 Å². The lowest BCUT2D eigenvalue weighted by atomic mass is 10.2. The first-order chi connectivity index (χ1) is 11.3. The third-order valence-electron chi connectivity index (χ3n) is 4.02. The van der Waals surface area contributed by atoms with Gasteiger partial charge in [0.1, 0.15) is 5.82 Å². The molecule has 0 saturated heterocycles. The van der Waals surface area contributed by atoms with Crippen molar-refractivity contribution in [3.05, 3.63) is 40.9 Å². The van der Waals surface area contributed by atoms with Gasteiger partial charge in [0.05, 0.1) is 17.1 Å². The molecule has 3 aromatic heterocycles. The largest absolute Gasteiger partial charge is 0.328 e. The second kappa shape index (κ2) is 5.62. The van der Waals surface area contributed by atoms with Gasteiger partial charge in [0.15, 0.2) is 11.5 Å².